The number of carbonyl (C=O) groups excluding carboxylic acids is 1. The summed E-state index contributed by atoms with van der Waals surface area (Å²) in [6, 6.07) is 10.4. The van der Waals surface area contributed by atoms with Crippen LogP contribution in [0.4, 0.5) is 18.9 Å². The molecular formula is C16H14F3NO3S2. The van der Waals surface area contributed by atoms with Crippen molar-refractivity contribution in [3.05, 3.63) is 54.1 Å². The number of alkyl halides is 3. The molecule has 1 amide bonds. The molecule has 0 aliphatic rings. The number of hydrogen-bond acceptors (Lipinski definition) is 4. The van der Waals surface area contributed by atoms with Crippen LogP contribution < -0.4 is 5.32 Å². The first kappa shape index (κ1) is 19.3. The highest BCUT2D eigenvalue weighted by atomic mass is 32.2. The Balaban J connectivity index is 2.00. The van der Waals surface area contributed by atoms with Crippen molar-refractivity contribution in [2.45, 2.75) is 16.0 Å². The molecule has 134 valence electrons. The Morgan fingerprint density at radius 1 is 1.12 bits per heavy atom. The molecule has 0 radical (unpaired) electrons. The molecule has 0 aromatic heterocycles. The number of halogens is 3. The van der Waals surface area contributed by atoms with Crippen molar-refractivity contribution in [2.75, 3.05) is 17.3 Å². The number of thioether (sulfide) groups is 1. The molecule has 0 aliphatic carbocycles. The first-order valence-electron chi connectivity index (χ1n) is 6.96. The highest BCUT2D eigenvalue weighted by molar-refractivity contribution is 8.00. The van der Waals surface area contributed by atoms with E-state index in [0.717, 1.165) is 30.2 Å². The quantitative estimate of drug-likeness (QED) is 0.790. The lowest BCUT2D eigenvalue weighted by Crippen LogP contribution is -2.14. The smallest absolute Gasteiger partial charge is 0.325 e. The number of amides is 1. The third-order valence-corrected chi connectivity index (χ3v) is 5.18. The van der Waals surface area contributed by atoms with Gasteiger partial charge >= 0.3 is 6.18 Å². The molecule has 25 heavy (non-hydrogen) atoms. The van der Waals surface area contributed by atoms with Gasteiger partial charge in [0.2, 0.25) is 5.91 Å². The molecule has 0 unspecified atom stereocenters. The van der Waals surface area contributed by atoms with Crippen LogP contribution in [-0.4, -0.2) is 26.3 Å². The average molecular weight is 389 g/mol. The van der Waals surface area contributed by atoms with Crippen LogP contribution in [0.2, 0.25) is 0 Å². The molecule has 4 nitrogen and oxygen atoms in total. The SMILES string of the molecule is CS(=O)(=O)c1cccc(NC(=O)CSc2cccc(C(F)(F)F)c2)c1. The van der Waals surface area contributed by atoms with Crippen LogP contribution in [0.25, 0.3) is 0 Å². The van der Waals surface area contributed by atoms with E-state index in [2.05, 4.69) is 5.32 Å². The van der Waals surface area contributed by atoms with Crippen LogP contribution in [0.1, 0.15) is 5.56 Å². The first-order chi connectivity index (χ1) is 11.6. The minimum absolute atomic E-state index is 0.0656. The van der Waals surface area contributed by atoms with E-state index in [-0.39, 0.29) is 10.6 Å². The zero-order chi connectivity index (χ0) is 18.7. The highest BCUT2D eigenvalue weighted by Gasteiger charge is 2.30. The minimum atomic E-state index is -4.44. The van der Waals surface area contributed by atoms with E-state index in [1.54, 1.807) is 0 Å². The van der Waals surface area contributed by atoms with E-state index >= 15 is 0 Å². The summed E-state index contributed by atoms with van der Waals surface area (Å²) in [5.41, 5.74) is -0.476. The number of benzene rings is 2. The molecular weight excluding hydrogens is 375 g/mol. The van der Waals surface area contributed by atoms with Gasteiger partial charge in [0.25, 0.3) is 0 Å². The van der Waals surface area contributed by atoms with Gasteiger partial charge in [-0.05, 0) is 36.4 Å². The lowest BCUT2D eigenvalue weighted by Gasteiger charge is -2.09. The molecule has 2 rings (SSSR count). The van der Waals surface area contributed by atoms with Crippen LogP contribution in [-0.2, 0) is 20.8 Å². The maximum atomic E-state index is 12.7. The molecule has 0 heterocycles. The second-order valence-electron chi connectivity index (χ2n) is 5.16. The molecule has 0 saturated heterocycles. The van der Waals surface area contributed by atoms with Gasteiger partial charge in [-0.15, -0.1) is 11.8 Å². The molecule has 0 fully saturated rings. The summed E-state index contributed by atoms with van der Waals surface area (Å²) in [5, 5.41) is 2.52. The fourth-order valence-electron chi connectivity index (χ4n) is 1.91. The molecule has 0 saturated carbocycles. The van der Waals surface area contributed by atoms with Crippen molar-refractivity contribution in [1.82, 2.24) is 0 Å². The number of rotatable bonds is 5. The number of nitrogens with one attached hydrogen (secondary N) is 1. The molecule has 1 N–H and O–H groups in total. The summed E-state index contributed by atoms with van der Waals surface area (Å²) >= 11 is 0.958. The monoisotopic (exact) mass is 389 g/mol. The van der Waals surface area contributed by atoms with Crippen molar-refractivity contribution in [2.24, 2.45) is 0 Å². The van der Waals surface area contributed by atoms with E-state index < -0.39 is 27.5 Å². The number of hydrogen-bond donors (Lipinski definition) is 1. The van der Waals surface area contributed by atoms with Crippen LogP contribution in [0.15, 0.2) is 58.3 Å². The average Bonchev–Trinajstić information content (AvgIpc) is 2.52. The highest BCUT2D eigenvalue weighted by Crippen LogP contribution is 2.31. The Morgan fingerprint density at radius 3 is 2.44 bits per heavy atom. The lowest BCUT2D eigenvalue weighted by atomic mass is 10.2. The molecule has 0 spiro atoms. The Morgan fingerprint density at radius 2 is 1.80 bits per heavy atom. The van der Waals surface area contributed by atoms with Gasteiger partial charge in [-0.25, -0.2) is 8.42 Å². The van der Waals surface area contributed by atoms with Crippen molar-refractivity contribution in [3.8, 4) is 0 Å². The summed E-state index contributed by atoms with van der Waals surface area (Å²) < 4.78 is 60.9. The van der Waals surface area contributed by atoms with Crippen molar-refractivity contribution >= 4 is 33.2 Å². The zero-order valence-electron chi connectivity index (χ0n) is 13.0. The summed E-state index contributed by atoms with van der Waals surface area (Å²) in [5.74, 6) is -0.558. The van der Waals surface area contributed by atoms with Gasteiger partial charge in [-0.2, -0.15) is 13.2 Å². The predicted molar refractivity (Wildman–Crippen MR) is 90.3 cm³/mol. The van der Waals surface area contributed by atoms with Gasteiger partial charge in [0, 0.05) is 16.8 Å². The minimum Gasteiger partial charge on any atom is -0.325 e. The van der Waals surface area contributed by atoms with E-state index in [9.17, 15) is 26.4 Å². The van der Waals surface area contributed by atoms with Crippen molar-refractivity contribution in [1.29, 1.82) is 0 Å². The summed E-state index contributed by atoms with van der Waals surface area (Å²) in [6.07, 6.45) is -3.39. The molecule has 2 aromatic carbocycles. The van der Waals surface area contributed by atoms with Crippen LogP contribution in [0.5, 0.6) is 0 Å². The molecule has 0 bridgehead atoms. The van der Waals surface area contributed by atoms with Crippen LogP contribution in [0, 0.1) is 0 Å². The third kappa shape index (κ3) is 5.79. The number of sulfone groups is 1. The van der Waals surface area contributed by atoms with Crippen molar-refractivity contribution in [3.63, 3.8) is 0 Å². The van der Waals surface area contributed by atoms with Gasteiger partial charge in [0.15, 0.2) is 9.84 Å². The third-order valence-electron chi connectivity index (χ3n) is 3.08. The second-order valence-corrected chi connectivity index (χ2v) is 8.23. The Hall–Kier alpha value is -2.00. The maximum absolute atomic E-state index is 12.7. The van der Waals surface area contributed by atoms with E-state index in [1.807, 2.05) is 0 Å². The van der Waals surface area contributed by atoms with Crippen molar-refractivity contribution < 1.29 is 26.4 Å². The van der Waals surface area contributed by atoms with Gasteiger partial charge < -0.3 is 5.32 Å². The predicted octanol–water partition coefficient (Wildman–Crippen LogP) is 3.84. The fraction of sp³-hybridized carbons (Fsp3) is 0.188. The second kappa shape index (κ2) is 7.49. The number of anilines is 1. The summed E-state index contributed by atoms with van der Waals surface area (Å²) in [6.45, 7) is 0. The van der Waals surface area contributed by atoms with E-state index in [0.29, 0.717) is 10.6 Å². The number of carbonyl (C=O) groups is 1. The normalized spacial score (nSPS) is 12.0. The van der Waals surface area contributed by atoms with Gasteiger partial charge in [-0.1, -0.05) is 12.1 Å². The van der Waals surface area contributed by atoms with Gasteiger partial charge in [-0.3, -0.25) is 4.79 Å². The van der Waals surface area contributed by atoms with Crippen LogP contribution in [0.3, 0.4) is 0 Å². The van der Waals surface area contributed by atoms with E-state index in [4.69, 9.17) is 0 Å². The largest absolute Gasteiger partial charge is 0.416 e. The molecule has 0 aliphatic heterocycles. The first-order valence-corrected chi connectivity index (χ1v) is 9.83. The fourth-order valence-corrected chi connectivity index (χ4v) is 3.33. The zero-order valence-corrected chi connectivity index (χ0v) is 14.6. The Kier molecular flexibility index (Phi) is 5.79. The van der Waals surface area contributed by atoms with Gasteiger partial charge in [0.1, 0.15) is 0 Å². The Bertz CT molecular complexity index is 880. The van der Waals surface area contributed by atoms with Crippen LogP contribution >= 0.6 is 11.8 Å². The topological polar surface area (TPSA) is 63.2 Å². The Labute approximate surface area is 147 Å². The van der Waals surface area contributed by atoms with E-state index in [1.165, 1.54) is 36.4 Å². The van der Waals surface area contributed by atoms with Gasteiger partial charge in [0.05, 0.1) is 16.2 Å². The summed E-state index contributed by atoms with van der Waals surface area (Å²) in [7, 11) is -3.40. The maximum Gasteiger partial charge on any atom is 0.416 e. The molecule has 9 heteroatoms. The summed E-state index contributed by atoms with van der Waals surface area (Å²) in [4.78, 5) is 12.3. The lowest BCUT2D eigenvalue weighted by molar-refractivity contribution is -0.137. The standard InChI is InChI=1S/C16H14F3NO3S2/c1-25(22,23)14-7-3-5-12(9-14)20-15(21)10-24-13-6-2-4-11(8-13)16(17,18)19/h2-9H,10H2,1H3,(H,20,21). The molecule has 2 aromatic rings. The molecule has 0 atom stereocenters.